The highest BCUT2D eigenvalue weighted by Crippen LogP contribution is 2.19. The number of halogens is 1. The summed E-state index contributed by atoms with van der Waals surface area (Å²) in [6.07, 6.45) is 5.56. The van der Waals surface area contributed by atoms with Crippen molar-refractivity contribution in [2.75, 3.05) is 6.61 Å². The van der Waals surface area contributed by atoms with Crippen molar-refractivity contribution in [3.8, 4) is 0 Å². The zero-order valence-corrected chi connectivity index (χ0v) is 16.0. The Morgan fingerprint density at radius 1 is 1.21 bits per heavy atom. The Hall–Kier alpha value is -1.51. The second-order valence-electron chi connectivity index (χ2n) is 6.60. The fourth-order valence-electron chi connectivity index (χ4n) is 2.81. The summed E-state index contributed by atoms with van der Waals surface area (Å²) in [5.74, 6) is 0. The molecule has 0 unspecified atom stereocenters. The van der Waals surface area contributed by atoms with Gasteiger partial charge in [0.05, 0.1) is 6.61 Å². The molecule has 1 heterocycles. The van der Waals surface area contributed by atoms with Crippen LogP contribution in [0.25, 0.3) is 6.08 Å². The molecule has 0 aliphatic carbocycles. The monoisotopic (exact) mass is 345 g/mol. The van der Waals surface area contributed by atoms with Crippen LogP contribution in [-0.2, 0) is 24.8 Å². The highest BCUT2D eigenvalue weighted by molar-refractivity contribution is 6.30. The van der Waals surface area contributed by atoms with Crippen LogP contribution in [0.1, 0.15) is 49.2 Å². The zero-order valence-electron chi connectivity index (χ0n) is 15.2. The van der Waals surface area contributed by atoms with Crippen molar-refractivity contribution in [1.29, 1.82) is 0 Å². The van der Waals surface area contributed by atoms with Gasteiger partial charge in [-0.15, -0.1) is 0 Å². The molecule has 24 heavy (non-hydrogen) atoms. The Bertz CT molecular complexity index is 696. The molecule has 0 N–H and O–H groups in total. The van der Waals surface area contributed by atoms with Crippen molar-refractivity contribution in [2.24, 2.45) is 7.05 Å². The number of rotatable bonds is 8. The van der Waals surface area contributed by atoms with E-state index in [0.717, 1.165) is 36.5 Å². The molecule has 1 aromatic carbocycles. The van der Waals surface area contributed by atoms with E-state index in [-0.39, 0.29) is 0 Å². The van der Waals surface area contributed by atoms with Crippen LogP contribution in [-0.4, -0.2) is 11.2 Å². The van der Waals surface area contributed by atoms with Crippen molar-refractivity contribution in [3.05, 3.63) is 63.4 Å². The van der Waals surface area contributed by atoms with Crippen LogP contribution in [0.2, 0.25) is 5.02 Å². The Balaban J connectivity index is 1.74. The number of unbranched alkanes of at least 4 members (excludes halogenated alkanes) is 1. The van der Waals surface area contributed by atoms with E-state index < -0.39 is 0 Å². The molecule has 2 aromatic rings. The van der Waals surface area contributed by atoms with Gasteiger partial charge in [0, 0.05) is 30.1 Å². The van der Waals surface area contributed by atoms with Crippen LogP contribution >= 0.6 is 11.6 Å². The molecule has 2 rings (SSSR count). The molecule has 0 atom stereocenters. The number of ether oxygens (including phenoxy) is 1. The third-order valence-electron chi connectivity index (χ3n) is 4.25. The third-order valence-corrected chi connectivity index (χ3v) is 4.48. The minimum Gasteiger partial charge on any atom is -0.377 e. The Morgan fingerprint density at radius 2 is 2.00 bits per heavy atom. The van der Waals surface area contributed by atoms with Gasteiger partial charge in [0.15, 0.2) is 0 Å². The normalized spacial score (nSPS) is 10.9. The first-order chi connectivity index (χ1) is 11.5. The van der Waals surface area contributed by atoms with Crippen molar-refractivity contribution >= 4 is 17.7 Å². The van der Waals surface area contributed by atoms with E-state index in [1.807, 2.05) is 24.3 Å². The first-order valence-electron chi connectivity index (χ1n) is 8.59. The molecule has 0 radical (unpaired) electrons. The number of allylic oxidation sites excluding steroid dienone is 1. The van der Waals surface area contributed by atoms with Gasteiger partial charge in [-0.1, -0.05) is 35.4 Å². The van der Waals surface area contributed by atoms with E-state index in [0.29, 0.717) is 6.61 Å². The quantitative estimate of drug-likeness (QED) is 0.539. The molecule has 0 aliphatic heterocycles. The molecule has 1 aromatic heterocycles. The zero-order chi connectivity index (χ0) is 17.5. The van der Waals surface area contributed by atoms with Gasteiger partial charge in [0.25, 0.3) is 0 Å². The lowest BCUT2D eigenvalue weighted by Crippen LogP contribution is -2.00. The largest absolute Gasteiger partial charge is 0.377 e. The molecule has 0 aliphatic rings. The second kappa shape index (κ2) is 9.10. The number of hydrogen-bond donors (Lipinski definition) is 0. The summed E-state index contributed by atoms with van der Waals surface area (Å²) in [7, 11) is 2.16. The topological polar surface area (TPSA) is 14.2 Å². The molecule has 130 valence electrons. The fourth-order valence-corrected chi connectivity index (χ4v) is 3.03. The van der Waals surface area contributed by atoms with Gasteiger partial charge < -0.3 is 9.30 Å². The van der Waals surface area contributed by atoms with Crippen molar-refractivity contribution in [1.82, 2.24) is 4.57 Å². The van der Waals surface area contributed by atoms with Crippen molar-refractivity contribution in [2.45, 2.75) is 46.6 Å². The smallest absolute Gasteiger partial charge is 0.0717 e. The lowest BCUT2D eigenvalue weighted by molar-refractivity contribution is 0.117. The predicted molar refractivity (Wildman–Crippen MR) is 104 cm³/mol. The SMILES string of the molecule is CC(C)=Cc1cc(CCCCOCc2cccc(Cl)c2)n(C)c1C. The van der Waals surface area contributed by atoms with E-state index in [1.54, 1.807) is 0 Å². The van der Waals surface area contributed by atoms with Gasteiger partial charge in [-0.2, -0.15) is 0 Å². The number of hydrogen-bond acceptors (Lipinski definition) is 1. The molecule has 0 spiro atoms. The van der Waals surface area contributed by atoms with Crippen LogP contribution in [0.4, 0.5) is 0 Å². The highest BCUT2D eigenvalue weighted by atomic mass is 35.5. The second-order valence-corrected chi connectivity index (χ2v) is 7.03. The van der Waals surface area contributed by atoms with Crippen LogP contribution in [0.5, 0.6) is 0 Å². The van der Waals surface area contributed by atoms with Crippen molar-refractivity contribution < 1.29 is 4.74 Å². The van der Waals surface area contributed by atoms with E-state index in [1.165, 1.54) is 22.5 Å². The van der Waals surface area contributed by atoms with Gasteiger partial charge >= 0.3 is 0 Å². The summed E-state index contributed by atoms with van der Waals surface area (Å²) >= 11 is 5.97. The van der Waals surface area contributed by atoms with E-state index in [9.17, 15) is 0 Å². The van der Waals surface area contributed by atoms with Gasteiger partial charge in [-0.25, -0.2) is 0 Å². The molecular formula is C21H28ClNO. The summed E-state index contributed by atoms with van der Waals surface area (Å²) in [6.45, 7) is 7.89. The summed E-state index contributed by atoms with van der Waals surface area (Å²) < 4.78 is 8.06. The van der Waals surface area contributed by atoms with E-state index in [4.69, 9.17) is 16.3 Å². The summed E-state index contributed by atoms with van der Waals surface area (Å²) in [4.78, 5) is 0. The van der Waals surface area contributed by atoms with Crippen LogP contribution in [0.3, 0.4) is 0 Å². The molecule has 3 heteroatoms. The number of benzene rings is 1. The fraction of sp³-hybridized carbons (Fsp3) is 0.429. The lowest BCUT2D eigenvalue weighted by Gasteiger charge is -2.06. The van der Waals surface area contributed by atoms with Crippen LogP contribution < -0.4 is 0 Å². The Morgan fingerprint density at radius 3 is 2.71 bits per heavy atom. The standard InChI is InChI=1S/C21H28ClNO/c1-16(2)12-19-14-21(23(4)17(19)3)10-5-6-11-24-15-18-8-7-9-20(22)13-18/h7-9,12-14H,5-6,10-11,15H2,1-4H3. The average molecular weight is 346 g/mol. The van der Waals surface area contributed by atoms with Crippen LogP contribution in [0, 0.1) is 6.92 Å². The summed E-state index contributed by atoms with van der Waals surface area (Å²) in [5, 5.41) is 0.766. The molecule has 0 saturated carbocycles. The van der Waals surface area contributed by atoms with Crippen LogP contribution in [0.15, 0.2) is 35.9 Å². The molecular weight excluding hydrogens is 318 g/mol. The molecule has 0 bridgehead atoms. The number of aromatic nitrogens is 1. The van der Waals surface area contributed by atoms with Crippen molar-refractivity contribution in [3.63, 3.8) is 0 Å². The molecule has 0 saturated heterocycles. The molecule has 0 fully saturated rings. The number of aryl methyl sites for hydroxylation is 1. The maximum Gasteiger partial charge on any atom is 0.0717 e. The van der Waals surface area contributed by atoms with E-state index >= 15 is 0 Å². The molecule has 2 nitrogen and oxygen atoms in total. The first kappa shape index (κ1) is 18.8. The van der Waals surface area contributed by atoms with Gasteiger partial charge in [-0.05, 0) is 69.4 Å². The first-order valence-corrected chi connectivity index (χ1v) is 8.97. The van der Waals surface area contributed by atoms with Gasteiger partial charge in [0.1, 0.15) is 0 Å². The third kappa shape index (κ3) is 5.54. The van der Waals surface area contributed by atoms with Gasteiger partial charge in [-0.3, -0.25) is 0 Å². The minimum absolute atomic E-state index is 0.633. The maximum absolute atomic E-state index is 5.97. The Labute approximate surface area is 151 Å². The van der Waals surface area contributed by atoms with Gasteiger partial charge in [0.2, 0.25) is 0 Å². The maximum atomic E-state index is 5.97. The lowest BCUT2D eigenvalue weighted by atomic mass is 10.1. The average Bonchev–Trinajstić information content (AvgIpc) is 2.78. The summed E-state index contributed by atoms with van der Waals surface area (Å²) in [6, 6.07) is 10.2. The number of nitrogens with zero attached hydrogens (tertiary/aromatic N) is 1. The highest BCUT2D eigenvalue weighted by Gasteiger charge is 2.07. The summed E-state index contributed by atoms with van der Waals surface area (Å²) in [5.41, 5.74) is 6.54. The minimum atomic E-state index is 0.633. The predicted octanol–water partition coefficient (Wildman–Crippen LogP) is 5.95. The van der Waals surface area contributed by atoms with E-state index in [2.05, 4.69) is 44.5 Å². The Kier molecular flexibility index (Phi) is 7.14. The molecule has 0 amide bonds.